The molecule has 2 N–H and O–H groups in total. The Kier molecular flexibility index (Phi) is 1.32. The van der Waals surface area contributed by atoms with Gasteiger partial charge in [0.1, 0.15) is 0 Å². The molecular formula is C5H8N4O3S2. The summed E-state index contributed by atoms with van der Waals surface area (Å²) in [6, 6.07) is 0. The average Bonchev–Trinajstić information content (AvgIpc) is 2.58. The topological polar surface area (TPSA) is 107 Å². The van der Waals surface area contributed by atoms with E-state index in [0.29, 0.717) is 0 Å². The van der Waals surface area contributed by atoms with Crippen LogP contribution >= 0.6 is 11.3 Å². The summed E-state index contributed by atoms with van der Waals surface area (Å²) in [6.45, 7) is -6.04. The molecule has 14 heavy (non-hydrogen) atoms. The van der Waals surface area contributed by atoms with Gasteiger partial charge in [0.25, 0.3) is 10.0 Å². The van der Waals surface area contributed by atoms with Crippen LogP contribution in [0.2, 0.25) is 0 Å². The number of carbonyl (C=O) groups is 1. The van der Waals surface area contributed by atoms with E-state index in [1.54, 1.807) is 0 Å². The van der Waals surface area contributed by atoms with E-state index in [2.05, 4.69) is 10.1 Å². The van der Waals surface area contributed by atoms with Gasteiger partial charge in [-0.2, -0.15) is 4.99 Å². The maximum atomic E-state index is 11.2. The first kappa shape index (κ1) is 5.14. The van der Waals surface area contributed by atoms with Crippen LogP contribution in [0.3, 0.4) is 0 Å². The Balaban J connectivity index is 3.58. The third kappa shape index (κ3) is 2.47. The Morgan fingerprint density at radius 2 is 2.50 bits per heavy atom. The van der Waals surface area contributed by atoms with Gasteiger partial charge in [0.2, 0.25) is 15.0 Å². The predicted octanol–water partition coefficient (Wildman–Crippen LogP) is -1.42. The van der Waals surface area contributed by atoms with E-state index >= 15 is 0 Å². The molecular weight excluding hydrogens is 228 g/mol. The highest BCUT2D eigenvalue weighted by molar-refractivity contribution is 7.91. The molecule has 0 spiro atoms. The molecule has 0 saturated carbocycles. The molecule has 0 aliphatic carbocycles. The molecule has 1 rings (SSSR count). The number of sulfonamides is 1. The predicted molar refractivity (Wildman–Crippen MR) is 48.7 cm³/mol. The molecule has 0 fully saturated rings. The van der Waals surface area contributed by atoms with E-state index in [-0.39, 0.29) is 16.0 Å². The highest BCUT2D eigenvalue weighted by Crippen LogP contribution is 2.03. The zero-order valence-electron chi connectivity index (χ0n) is 12.5. The van der Waals surface area contributed by atoms with E-state index in [1.807, 2.05) is 0 Å². The Labute approximate surface area is 92.4 Å². The number of nitrogens with two attached hydrogens (primary N) is 1. The lowest BCUT2D eigenvalue weighted by molar-refractivity contribution is -0.116. The quantitative estimate of drug-likeness (QED) is 0.651. The highest BCUT2D eigenvalue weighted by atomic mass is 32.2. The van der Waals surface area contributed by atoms with Crippen molar-refractivity contribution in [3.63, 3.8) is 0 Å². The summed E-state index contributed by atoms with van der Waals surface area (Å²) < 4.78 is 63.4. The standard InChI is InChI=1S/C5H8N4O3S2/c1-3(10)7-4-9(2)8-5(13-4)14(6,11)12/h1-2H3,(H2,6,11,12)/i1D3,2D3. The minimum atomic E-state index is -4.31. The zero-order valence-corrected chi connectivity index (χ0v) is 8.09. The van der Waals surface area contributed by atoms with Crippen LogP contribution in [-0.4, -0.2) is 24.1 Å². The minimum absolute atomic E-state index is 0.154. The number of aryl methyl sites for hydroxylation is 1. The van der Waals surface area contributed by atoms with Crippen LogP contribution in [0.1, 0.15) is 15.1 Å². The van der Waals surface area contributed by atoms with E-state index < -0.39 is 38.9 Å². The van der Waals surface area contributed by atoms with Gasteiger partial charge >= 0.3 is 0 Å². The van der Waals surface area contributed by atoms with Crippen LogP contribution in [0.25, 0.3) is 0 Å². The summed E-state index contributed by atoms with van der Waals surface area (Å²) >= 11 is 0.179. The molecule has 7 nitrogen and oxygen atoms in total. The Morgan fingerprint density at radius 1 is 1.79 bits per heavy atom. The molecule has 0 unspecified atom stereocenters. The third-order valence-electron chi connectivity index (χ3n) is 0.982. The average molecular weight is 242 g/mol. The molecule has 1 aromatic heterocycles. The van der Waals surface area contributed by atoms with E-state index in [0.717, 1.165) is 0 Å². The van der Waals surface area contributed by atoms with Crippen molar-refractivity contribution in [1.29, 1.82) is 0 Å². The molecule has 0 atom stereocenters. The second-order valence-electron chi connectivity index (χ2n) is 2.02. The smallest absolute Gasteiger partial charge is 0.267 e. The molecule has 0 aliphatic rings. The zero-order chi connectivity index (χ0) is 15.9. The number of primary sulfonamides is 1. The van der Waals surface area contributed by atoms with Crippen LogP contribution in [0.5, 0.6) is 0 Å². The number of aromatic nitrogens is 2. The molecule has 0 bridgehead atoms. The molecule has 78 valence electrons. The molecule has 0 aromatic carbocycles. The number of nitrogens with zero attached hydrogens (tertiary/aromatic N) is 3. The maximum Gasteiger partial charge on any atom is 0.267 e. The summed E-state index contributed by atoms with van der Waals surface area (Å²) in [4.78, 5) is 13.6. The fourth-order valence-corrected chi connectivity index (χ4v) is 1.96. The summed E-state index contributed by atoms with van der Waals surface area (Å²) in [5.74, 6) is -1.60. The van der Waals surface area contributed by atoms with Crippen molar-refractivity contribution in [2.24, 2.45) is 17.1 Å². The summed E-state index contributed by atoms with van der Waals surface area (Å²) in [5.41, 5.74) is 0. The van der Waals surface area contributed by atoms with Crippen molar-refractivity contribution < 1.29 is 21.4 Å². The largest absolute Gasteiger partial charge is 0.273 e. The summed E-state index contributed by atoms with van der Waals surface area (Å²) in [5, 5.41) is 8.00. The van der Waals surface area contributed by atoms with Crippen molar-refractivity contribution in [3.8, 4) is 0 Å². The van der Waals surface area contributed by atoms with Gasteiger partial charge in [-0.1, -0.05) is 11.3 Å². The van der Waals surface area contributed by atoms with Gasteiger partial charge in [-0.05, 0) is 0 Å². The van der Waals surface area contributed by atoms with Gasteiger partial charge in [0.15, 0.2) is 0 Å². The monoisotopic (exact) mass is 242 g/mol. The molecule has 0 saturated heterocycles. The molecule has 9 heteroatoms. The second kappa shape index (κ2) is 3.59. The van der Waals surface area contributed by atoms with Gasteiger partial charge < -0.3 is 0 Å². The fraction of sp³-hybridized carbons (Fsp3) is 0.400. The summed E-state index contributed by atoms with van der Waals surface area (Å²) in [7, 11) is -4.31. The number of amides is 1. The van der Waals surface area contributed by atoms with Crippen molar-refractivity contribution in [2.75, 3.05) is 0 Å². The SMILES string of the molecule is [2H]C([2H])([2H])C(=O)N=c1sc(S(N)(=O)=O)nn1C([2H])([2H])[2H]. The van der Waals surface area contributed by atoms with Crippen LogP contribution in [-0.2, 0) is 21.8 Å². The van der Waals surface area contributed by atoms with E-state index in [9.17, 15) is 13.2 Å². The minimum Gasteiger partial charge on any atom is -0.273 e. The molecule has 1 heterocycles. The normalized spacial score (nSPS) is 21.4. The molecule has 1 amide bonds. The van der Waals surface area contributed by atoms with Crippen molar-refractivity contribution in [3.05, 3.63) is 4.80 Å². The third-order valence-corrected chi connectivity index (χ3v) is 3.20. The lowest BCUT2D eigenvalue weighted by atomic mass is 10.8. The molecule has 0 aliphatic heterocycles. The van der Waals surface area contributed by atoms with E-state index in [1.165, 1.54) is 0 Å². The first-order valence-corrected chi connectivity index (χ1v) is 5.32. The number of rotatable bonds is 1. The van der Waals surface area contributed by atoms with Crippen LogP contribution in [0, 0.1) is 0 Å². The lowest BCUT2D eigenvalue weighted by Gasteiger charge is -1.86. The summed E-state index contributed by atoms with van der Waals surface area (Å²) in [6.07, 6.45) is 0. The fourth-order valence-electron chi connectivity index (χ4n) is 0.538. The second-order valence-corrected chi connectivity index (χ2v) is 4.72. The first-order valence-electron chi connectivity index (χ1n) is 5.95. The van der Waals surface area contributed by atoms with Gasteiger partial charge in [-0.15, -0.1) is 5.10 Å². The van der Waals surface area contributed by atoms with Crippen molar-refractivity contribution in [2.45, 2.75) is 11.2 Å². The van der Waals surface area contributed by atoms with Gasteiger partial charge in [0, 0.05) is 22.1 Å². The van der Waals surface area contributed by atoms with Crippen molar-refractivity contribution >= 4 is 27.3 Å². The van der Waals surface area contributed by atoms with Crippen LogP contribution in [0.4, 0.5) is 0 Å². The lowest BCUT2D eigenvalue weighted by Crippen LogP contribution is -2.14. The van der Waals surface area contributed by atoms with Crippen molar-refractivity contribution in [1.82, 2.24) is 9.78 Å². The molecule has 1 aromatic rings. The van der Waals surface area contributed by atoms with Crippen LogP contribution in [0.15, 0.2) is 9.33 Å². The van der Waals surface area contributed by atoms with Crippen LogP contribution < -0.4 is 9.94 Å². The number of hydrogen-bond donors (Lipinski definition) is 1. The molecule has 0 radical (unpaired) electrons. The number of hydrogen-bond acceptors (Lipinski definition) is 5. The van der Waals surface area contributed by atoms with Gasteiger partial charge in [0.05, 0.1) is 0 Å². The maximum absolute atomic E-state index is 11.2. The highest BCUT2D eigenvalue weighted by Gasteiger charge is 2.14. The van der Waals surface area contributed by atoms with Gasteiger partial charge in [-0.25, -0.2) is 18.2 Å². The first-order chi connectivity index (χ1) is 8.73. The van der Waals surface area contributed by atoms with E-state index in [4.69, 9.17) is 13.4 Å². The Morgan fingerprint density at radius 3 is 3.00 bits per heavy atom. The Bertz CT molecular complexity index is 695. The number of carbonyl (C=O) groups excluding carboxylic acids is 1. The Hall–Kier alpha value is -1.06. The van der Waals surface area contributed by atoms with Gasteiger partial charge in [-0.3, -0.25) is 4.79 Å².